The first-order chi connectivity index (χ1) is 16.7. The van der Waals surface area contributed by atoms with Crippen LogP contribution in [0.3, 0.4) is 0 Å². The minimum Gasteiger partial charge on any atom is -0.378 e. The molecule has 0 bridgehead atoms. The highest BCUT2D eigenvalue weighted by molar-refractivity contribution is 5.95. The van der Waals surface area contributed by atoms with Gasteiger partial charge in [0.05, 0.1) is 24.9 Å². The first-order valence-electron chi connectivity index (χ1n) is 11.8. The Morgan fingerprint density at radius 2 is 1.88 bits per heavy atom. The van der Waals surface area contributed by atoms with Crippen LogP contribution in [0.15, 0.2) is 54.7 Å². The maximum Gasteiger partial charge on any atom is 0.241 e. The summed E-state index contributed by atoms with van der Waals surface area (Å²) >= 11 is 0. The maximum absolute atomic E-state index is 12.3. The zero-order valence-electron chi connectivity index (χ0n) is 19.4. The van der Waals surface area contributed by atoms with E-state index in [0.717, 1.165) is 68.3 Å². The van der Waals surface area contributed by atoms with Crippen molar-refractivity contribution < 1.29 is 9.53 Å². The molecule has 0 radical (unpaired) electrons. The molecule has 3 heterocycles. The predicted molar refractivity (Wildman–Crippen MR) is 135 cm³/mol. The molecule has 1 amide bonds. The lowest BCUT2D eigenvalue weighted by Crippen LogP contribution is -2.36. The number of hydrogen-bond donors (Lipinski definition) is 3. The number of ether oxygens (including phenoxy) is 1. The summed E-state index contributed by atoms with van der Waals surface area (Å²) in [6.07, 6.45) is 3.68. The molecule has 2 saturated heterocycles. The van der Waals surface area contributed by atoms with Crippen LogP contribution in [0.25, 0.3) is 11.3 Å². The summed E-state index contributed by atoms with van der Waals surface area (Å²) in [6, 6.07) is 15.9. The lowest BCUT2D eigenvalue weighted by atomic mass is 10.1. The van der Waals surface area contributed by atoms with Gasteiger partial charge in [-0.1, -0.05) is 12.1 Å². The Morgan fingerprint density at radius 3 is 2.62 bits per heavy atom. The fraction of sp³-hybridized carbons (Fsp3) is 0.346. The summed E-state index contributed by atoms with van der Waals surface area (Å²) in [7, 11) is 0. The van der Waals surface area contributed by atoms with Crippen LogP contribution in [0.1, 0.15) is 18.4 Å². The number of anilines is 4. The number of nitrogens with zero attached hydrogens (tertiary/aromatic N) is 3. The van der Waals surface area contributed by atoms with Crippen LogP contribution in [0, 0.1) is 6.92 Å². The van der Waals surface area contributed by atoms with Crippen LogP contribution in [0.4, 0.5) is 23.0 Å². The molecule has 3 aromatic rings. The van der Waals surface area contributed by atoms with Crippen LogP contribution >= 0.6 is 0 Å². The van der Waals surface area contributed by atoms with Gasteiger partial charge in [0.2, 0.25) is 11.9 Å². The molecule has 1 aromatic heterocycles. The number of benzene rings is 2. The number of morpholine rings is 1. The highest BCUT2D eigenvalue weighted by Gasteiger charge is 2.21. The van der Waals surface area contributed by atoms with Crippen LogP contribution in [-0.2, 0) is 9.53 Å². The zero-order valence-corrected chi connectivity index (χ0v) is 19.4. The molecule has 3 N–H and O–H groups in total. The van der Waals surface area contributed by atoms with Gasteiger partial charge in [0, 0.05) is 41.9 Å². The number of hydrogen-bond acceptors (Lipinski definition) is 7. The fourth-order valence-corrected chi connectivity index (χ4v) is 4.46. The molecule has 34 heavy (non-hydrogen) atoms. The Bertz CT molecular complexity index is 1140. The van der Waals surface area contributed by atoms with E-state index >= 15 is 0 Å². The van der Waals surface area contributed by atoms with Gasteiger partial charge in [0.1, 0.15) is 0 Å². The van der Waals surface area contributed by atoms with E-state index in [2.05, 4.69) is 55.9 Å². The molecule has 176 valence electrons. The van der Waals surface area contributed by atoms with Crippen LogP contribution in [-0.4, -0.2) is 54.8 Å². The van der Waals surface area contributed by atoms with E-state index in [9.17, 15) is 4.79 Å². The molecule has 0 spiro atoms. The summed E-state index contributed by atoms with van der Waals surface area (Å²) in [5.41, 5.74) is 5.94. The average molecular weight is 459 g/mol. The zero-order chi connectivity index (χ0) is 23.3. The smallest absolute Gasteiger partial charge is 0.241 e. The van der Waals surface area contributed by atoms with Crippen molar-refractivity contribution >= 4 is 28.9 Å². The number of aromatic nitrogens is 2. The standard InChI is InChI=1S/C26H30N6O2/c1-18-17-21(8-9-24(18)32-13-15-34-16-14-32)30-26-28-12-10-22(31-26)19-4-6-20(7-5-19)29-25(33)23-3-2-11-27-23/h4-10,12,17,23,27H,2-3,11,13-16H2,1H3,(H,29,33)(H,28,30,31). The normalized spacial score (nSPS) is 18.0. The minimum atomic E-state index is -0.0956. The molecule has 1 atom stereocenters. The van der Waals surface area contributed by atoms with E-state index < -0.39 is 0 Å². The van der Waals surface area contributed by atoms with Gasteiger partial charge in [-0.25, -0.2) is 9.97 Å². The molecule has 8 heteroatoms. The van der Waals surface area contributed by atoms with Crippen molar-refractivity contribution in [2.45, 2.75) is 25.8 Å². The Hall–Kier alpha value is -3.49. The van der Waals surface area contributed by atoms with Crippen LogP contribution in [0.5, 0.6) is 0 Å². The van der Waals surface area contributed by atoms with Crippen molar-refractivity contribution in [1.29, 1.82) is 0 Å². The third-order valence-corrected chi connectivity index (χ3v) is 6.29. The molecule has 2 aromatic carbocycles. The highest BCUT2D eigenvalue weighted by atomic mass is 16.5. The molecule has 2 aliphatic rings. The van der Waals surface area contributed by atoms with Gasteiger partial charge in [-0.05, 0) is 68.3 Å². The van der Waals surface area contributed by atoms with Crippen molar-refractivity contribution in [3.05, 3.63) is 60.3 Å². The van der Waals surface area contributed by atoms with Gasteiger partial charge in [0.25, 0.3) is 0 Å². The number of rotatable bonds is 6. The molecule has 8 nitrogen and oxygen atoms in total. The Balaban J connectivity index is 1.25. The number of aryl methyl sites for hydroxylation is 1. The Labute approximate surface area is 199 Å². The predicted octanol–water partition coefficient (Wildman–Crippen LogP) is 3.72. The minimum absolute atomic E-state index is 0.0219. The third-order valence-electron chi connectivity index (χ3n) is 6.29. The molecule has 0 aliphatic carbocycles. The van der Waals surface area contributed by atoms with Gasteiger partial charge in [0.15, 0.2) is 0 Å². The molecule has 1 unspecified atom stereocenters. The van der Waals surface area contributed by atoms with E-state index in [1.807, 2.05) is 30.3 Å². The first kappa shape index (κ1) is 22.3. The summed E-state index contributed by atoms with van der Waals surface area (Å²) in [4.78, 5) is 23.7. The van der Waals surface area contributed by atoms with Crippen molar-refractivity contribution in [2.24, 2.45) is 0 Å². The summed E-state index contributed by atoms with van der Waals surface area (Å²) in [5.74, 6) is 0.564. The van der Waals surface area contributed by atoms with Gasteiger partial charge in [-0.3, -0.25) is 4.79 Å². The average Bonchev–Trinajstić information content (AvgIpc) is 3.41. The molecule has 0 saturated carbocycles. The summed E-state index contributed by atoms with van der Waals surface area (Å²) < 4.78 is 5.46. The summed E-state index contributed by atoms with van der Waals surface area (Å²) in [5, 5.41) is 9.53. The lowest BCUT2D eigenvalue weighted by Gasteiger charge is -2.30. The first-order valence-corrected chi connectivity index (χ1v) is 11.8. The largest absolute Gasteiger partial charge is 0.378 e. The van der Waals surface area contributed by atoms with Gasteiger partial charge in [-0.15, -0.1) is 0 Å². The van der Waals surface area contributed by atoms with Crippen molar-refractivity contribution in [3.63, 3.8) is 0 Å². The molecule has 5 rings (SSSR count). The van der Waals surface area contributed by atoms with Crippen molar-refractivity contribution in [2.75, 3.05) is 48.4 Å². The van der Waals surface area contributed by atoms with E-state index in [1.165, 1.54) is 11.3 Å². The van der Waals surface area contributed by atoms with Crippen molar-refractivity contribution in [3.8, 4) is 11.3 Å². The molecule has 2 fully saturated rings. The molecular weight excluding hydrogens is 428 g/mol. The second kappa shape index (κ2) is 10.2. The second-order valence-electron chi connectivity index (χ2n) is 8.71. The SMILES string of the molecule is Cc1cc(Nc2nccc(-c3ccc(NC(=O)C4CCCN4)cc3)n2)ccc1N1CCOCC1. The monoisotopic (exact) mass is 458 g/mol. The topological polar surface area (TPSA) is 91.4 Å². The molecule has 2 aliphatic heterocycles. The van der Waals surface area contributed by atoms with Crippen molar-refractivity contribution in [1.82, 2.24) is 15.3 Å². The number of carbonyl (C=O) groups is 1. The highest BCUT2D eigenvalue weighted by Crippen LogP contribution is 2.26. The second-order valence-corrected chi connectivity index (χ2v) is 8.71. The van der Waals surface area contributed by atoms with E-state index in [-0.39, 0.29) is 11.9 Å². The Morgan fingerprint density at radius 1 is 1.09 bits per heavy atom. The van der Waals surface area contributed by atoms with E-state index in [4.69, 9.17) is 4.74 Å². The lowest BCUT2D eigenvalue weighted by molar-refractivity contribution is -0.117. The molecular formula is C26H30N6O2. The fourth-order valence-electron chi connectivity index (χ4n) is 4.46. The third kappa shape index (κ3) is 5.18. The van der Waals surface area contributed by atoms with Gasteiger partial charge < -0.3 is 25.6 Å². The van der Waals surface area contributed by atoms with Crippen LogP contribution < -0.4 is 20.9 Å². The number of amides is 1. The summed E-state index contributed by atoms with van der Waals surface area (Å²) in [6.45, 7) is 6.39. The van der Waals surface area contributed by atoms with Gasteiger partial charge >= 0.3 is 0 Å². The van der Waals surface area contributed by atoms with Crippen LogP contribution in [0.2, 0.25) is 0 Å². The van der Waals surface area contributed by atoms with Gasteiger partial charge in [-0.2, -0.15) is 0 Å². The Kier molecular flexibility index (Phi) is 6.69. The van der Waals surface area contributed by atoms with E-state index in [0.29, 0.717) is 5.95 Å². The number of nitrogens with one attached hydrogen (secondary N) is 3. The quantitative estimate of drug-likeness (QED) is 0.519. The van der Waals surface area contributed by atoms with E-state index in [1.54, 1.807) is 6.20 Å². The number of carbonyl (C=O) groups excluding carboxylic acids is 1. The maximum atomic E-state index is 12.3.